The van der Waals surface area contributed by atoms with Crippen molar-refractivity contribution in [3.63, 3.8) is 0 Å². The van der Waals surface area contributed by atoms with E-state index in [-0.39, 0.29) is 67.0 Å². The fourth-order valence-electron chi connectivity index (χ4n) is 9.36. The number of nitro groups is 1. The lowest BCUT2D eigenvalue weighted by Crippen LogP contribution is -2.55. The average Bonchev–Trinajstić information content (AvgIpc) is 3.71. The van der Waals surface area contributed by atoms with Gasteiger partial charge in [-0.3, -0.25) is 24.5 Å². The lowest BCUT2D eigenvalue weighted by Gasteiger charge is -2.42. The summed E-state index contributed by atoms with van der Waals surface area (Å²) >= 11 is 0. The van der Waals surface area contributed by atoms with Gasteiger partial charge in [0.2, 0.25) is 6.29 Å². The van der Waals surface area contributed by atoms with Crippen LogP contribution in [0.5, 0.6) is 11.5 Å². The Morgan fingerprint density at radius 2 is 1.77 bits per heavy atom. The van der Waals surface area contributed by atoms with E-state index in [1.165, 1.54) is 32.2 Å². The van der Waals surface area contributed by atoms with Gasteiger partial charge in [-0.2, -0.15) is 0 Å². The van der Waals surface area contributed by atoms with Gasteiger partial charge in [0.05, 0.1) is 53.9 Å². The van der Waals surface area contributed by atoms with E-state index in [2.05, 4.69) is 5.92 Å². The number of benzene rings is 3. The molecule has 70 heavy (non-hydrogen) atoms. The summed E-state index contributed by atoms with van der Waals surface area (Å²) in [6, 6.07) is 18.4. The Morgan fingerprint density at radius 1 is 1.03 bits per heavy atom. The van der Waals surface area contributed by atoms with Gasteiger partial charge >= 0.3 is 29.6 Å². The minimum Gasteiger partial charge on any atom is -0.489 e. The highest BCUT2D eigenvalue weighted by molar-refractivity contribution is 5.90. The molecule has 0 amide bonds. The number of nitrogens with zero attached hydrogens (tertiary/aromatic N) is 3. The molecule has 7 atom stereocenters. The summed E-state index contributed by atoms with van der Waals surface area (Å²) in [5, 5.41) is 24.5. The molecule has 3 aliphatic heterocycles. The predicted octanol–water partition coefficient (Wildman–Crippen LogP) is 6.46. The third kappa shape index (κ3) is 9.17. The molecule has 18 nitrogen and oxygen atoms in total. The minimum atomic E-state index is -1.92. The van der Waals surface area contributed by atoms with Crippen molar-refractivity contribution in [2.45, 2.75) is 110 Å². The number of methoxy groups -OCH3 is 1. The molecular weight excluding hydrogens is 907 g/mol. The molecule has 0 bridgehead atoms. The Hall–Kier alpha value is -7.62. The highest BCUT2D eigenvalue weighted by atomic mass is 16.7. The molecule has 3 aromatic carbocycles. The first kappa shape index (κ1) is 48.8. The standard InChI is InChI=1S/C52H51N3O15/c1-8-11-42(32-16-19-43(40(21-32)55(62)63)69-50-47(67-29(6)56)28(5)27(4)46(70-50)49(59)64-7)68-44(57)20-30-12-14-31(15-13-30)25-65-33-17-18-39-35(22-33)34(9-2)36-24-54-41(45(36)53-39)23-38-37(48(54)58)26-66-51(60)52(38,61)10-3/h1,12-19,21-23,27-28,42,46-47,50,61H,9-11,20,24-26H2,2-7H3/t27-,28-,42-,46-,47+,50+,52+/m1/s1. The van der Waals surface area contributed by atoms with E-state index in [1.54, 1.807) is 43.5 Å². The second-order valence-corrected chi connectivity index (χ2v) is 17.6. The van der Waals surface area contributed by atoms with Crippen LogP contribution in [0.1, 0.15) is 92.5 Å². The molecule has 1 N–H and O–H groups in total. The van der Waals surface area contributed by atoms with Gasteiger partial charge < -0.3 is 42.8 Å². The quantitative estimate of drug-likeness (QED) is 0.0383. The van der Waals surface area contributed by atoms with Crippen LogP contribution in [0.15, 0.2) is 71.5 Å². The molecule has 0 aliphatic carbocycles. The zero-order valence-electron chi connectivity index (χ0n) is 39.3. The topological polar surface area (TPSA) is 231 Å². The highest BCUT2D eigenvalue weighted by Gasteiger charge is 2.49. The van der Waals surface area contributed by atoms with E-state index in [9.17, 15) is 39.2 Å². The van der Waals surface area contributed by atoms with Crippen molar-refractivity contribution in [2.75, 3.05) is 7.11 Å². The second-order valence-electron chi connectivity index (χ2n) is 17.6. The van der Waals surface area contributed by atoms with Crippen LogP contribution in [0.2, 0.25) is 0 Å². The Morgan fingerprint density at radius 3 is 2.44 bits per heavy atom. The molecule has 364 valence electrons. The van der Waals surface area contributed by atoms with Gasteiger partial charge in [0.1, 0.15) is 25.1 Å². The van der Waals surface area contributed by atoms with Gasteiger partial charge in [-0.1, -0.05) is 58.0 Å². The number of hydrogen-bond acceptors (Lipinski definition) is 16. The second kappa shape index (κ2) is 19.8. The SMILES string of the molecule is C#CC[C@@H](OC(=O)Cc1ccc(COc2ccc3nc4c(c(CC)c3c2)Cn2c-4cc3c(c2=O)COC(=O)[C@]3(O)CC)cc1)c1ccc(O[C@H]2O[C@@H](C(=O)OC)[C@H](C)[C@@H](C)[C@@H]2OC(C)=O)c([N+](=O)[O-])c1. The van der Waals surface area contributed by atoms with E-state index in [0.29, 0.717) is 34.6 Å². The van der Waals surface area contributed by atoms with Crippen molar-refractivity contribution in [1.82, 2.24) is 9.55 Å². The highest BCUT2D eigenvalue weighted by Crippen LogP contribution is 2.42. The lowest BCUT2D eigenvalue weighted by molar-refractivity contribution is -0.387. The van der Waals surface area contributed by atoms with Crippen molar-refractivity contribution in [1.29, 1.82) is 0 Å². The molecule has 18 heteroatoms. The van der Waals surface area contributed by atoms with Gasteiger partial charge in [0.15, 0.2) is 23.6 Å². The number of hydrogen-bond donors (Lipinski definition) is 1. The van der Waals surface area contributed by atoms with Gasteiger partial charge in [-0.05, 0) is 65.8 Å². The molecule has 0 saturated carbocycles. The van der Waals surface area contributed by atoms with Crippen LogP contribution >= 0.6 is 0 Å². The van der Waals surface area contributed by atoms with Gasteiger partial charge in [0.25, 0.3) is 5.56 Å². The van der Waals surface area contributed by atoms with Crippen LogP contribution in [0, 0.1) is 34.3 Å². The van der Waals surface area contributed by atoms with Crippen LogP contribution in [0.4, 0.5) is 5.69 Å². The van der Waals surface area contributed by atoms with Crippen LogP contribution in [0.3, 0.4) is 0 Å². The molecule has 0 unspecified atom stereocenters. The Balaban J connectivity index is 0.929. The summed E-state index contributed by atoms with van der Waals surface area (Å²) in [4.78, 5) is 80.9. The number of terminal acetylenes is 1. The molecule has 5 aromatic rings. The van der Waals surface area contributed by atoms with Crippen molar-refractivity contribution in [3.8, 4) is 35.2 Å². The summed E-state index contributed by atoms with van der Waals surface area (Å²) in [7, 11) is 1.20. The monoisotopic (exact) mass is 957 g/mol. The maximum Gasteiger partial charge on any atom is 0.343 e. The third-order valence-electron chi connectivity index (χ3n) is 13.4. The summed E-state index contributed by atoms with van der Waals surface area (Å²) < 4.78 is 41.0. The largest absolute Gasteiger partial charge is 0.489 e. The Kier molecular flexibility index (Phi) is 13.8. The maximum atomic E-state index is 13.7. The van der Waals surface area contributed by atoms with E-state index in [4.69, 9.17) is 44.6 Å². The number of carbonyl (C=O) groups excluding carboxylic acids is 4. The first-order valence-corrected chi connectivity index (χ1v) is 22.8. The van der Waals surface area contributed by atoms with Crippen LogP contribution in [-0.4, -0.2) is 69.1 Å². The molecule has 5 heterocycles. The van der Waals surface area contributed by atoms with Crippen molar-refractivity contribution >= 4 is 40.5 Å². The first-order chi connectivity index (χ1) is 33.5. The number of rotatable bonds is 15. The smallest absolute Gasteiger partial charge is 0.343 e. The third-order valence-corrected chi connectivity index (χ3v) is 13.4. The van der Waals surface area contributed by atoms with Gasteiger partial charge in [-0.25, -0.2) is 14.6 Å². The average molecular weight is 958 g/mol. The minimum absolute atomic E-state index is 0.0493. The zero-order valence-corrected chi connectivity index (χ0v) is 39.3. The Labute approximate surface area is 401 Å². The number of aryl methyl sites for hydroxylation is 1. The number of pyridine rings is 2. The normalized spacial score (nSPS) is 21.5. The molecule has 8 rings (SSSR count). The number of aliphatic hydroxyl groups is 1. The summed E-state index contributed by atoms with van der Waals surface area (Å²) in [5.74, 6) is -0.868. The number of cyclic esters (lactones) is 1. The van der Waals surface area contributed by atoms with Crippen molar-refractivity contribution in [3.05, 3.63) is 126 Å². The number of esters is 4. The lowest BCUT2D eigenvalue weighted by atomic mass is 9.83. The summed E-state index contributed by atoms with van der Waals surface area (Å²) in [5.41, 5.74) is 3.16. The molecular formula is C52H51N3O15. The first-order valence-electron chi connectivity index (χ1n) is 22.8. The predicted molar refractivity (Wildman–Crippen MR) is 249 cm³/mol. The molecule has 1 saturated heterocycles. The summed E-state index contributed by atoms with van der Waals surface area (Å²) in [6.45, 7) is 8.63. The van der Waals surface area contributed by atoms with Gasteiger partial charge in [0, 0.05) is 41.0 Å². The maximum absolute atomic E-state index is 13.7. The fourth-order valence-corrected chi connectivity index (χ4v) is 9.36. The fraction of sp³-hybridized carbons (Fsp3) is 0.385. The van der Waals surface area contributed by atoms with E-state index < -0.39 is 76.5 Å². The summed E-state index contributed by atoms with van der Waals surface area (Å²) in [6.07, 6.45) is 1.51. The van der Waals surface area contributed by atoms with E-state index in [1.807, 2.05) is 37.3 Å². The van der Waals surface area contributed by atoms with Crippen LogP contribution < -0.4 is 15.0 Å². The van der Waals surface area contributed by atoms with Crippen LogP contribution in [-0.2, 0) is 81.1 Å². The molecule has 3 aliphatic rings. The van der Waals surface area contributed by atoms with Crippen molar-refractivity contribution in [2.24, 2.45) is 11.8 Å². The molecule has 0 radical (unpaired) electrons. The van der Waals surface area contributed by atoms with E-state index in [0.717, 1.165) is 22.1 Å². The zero-order chi connectivity index (χ0) is 50.2. The van der Waals surface area contributed by atoms with Crippen LogP contribution in [0.25, 0.3) is 22.3 Å². The number of carbonyl (C=O) groups is 4. The van der Waals surface area contributed by atoms with Gasteiger partial charge in [-0.15, -0.1) is 12.3 Å². The Bertz CT molecular complexity index is 3030. The van der Waals surface area contributed by atoms with Crippen molar-refractivity contribution < 1.29 is 62.4 Å². The number of fused-ring (bicyclic) bond motifs is 5. The molecule has 1 fully saturated rings. The van der Waals surface area contributed by atoms with E-state index >= 15 is 0 Å². The number of nitro benzene ring substituents is 1. The molecule has 0 spiro atoms. The number of ether oxygens (including phenoxy) is 7. The number of aromatic nitrogens is 2. The molecule has 2 aromatic heterocycles.